The van der Waals surface area contributed by atoms with Gasteiger partial charge in [-0.25, -0.2) is 10.1 Å². The van der Waals surface area contributed by atoms with Crippen molar-refractivity contribution in [2.75, 3.05) is 13.2 Å². The van der Waals surface area contributed by atoms with Crippen molar-refractivity contribution in [2.45, 2.75) is 89.1 Å². The summed E-state index contributed by atoms with van der Waals surface area (Å²) in [5.41, 5.74) is 0. The van der Waals surface area contributed by atoms with Gasteiger partial charge < -0.3 is 25.7 Å². The summed E-state index contributed by atoms with van der Waals surface area (Å²) < 4.78 is 0. The van der Waals surface area contributed by atoms with Gasteiger partial charge in [0.15, 0.2) is 6.10 Å². The van der Waals surface area contributed by atoms with E-state index in [1.165, 1.54) is 38.5 Å². The van der Waals surface area contributed by atoms with Crippen LogP contribution in [0.1, 0.15) is 64.7 Å². The van der Waals surface area contributed by atoms with Crippen molar-refractivity contribution in [1.82, 2.24) is 5.32 Å². The van der Waals surface area contributed by atoms with E-state index < -0.39 is 36.9 Å². The van der Waals surface area contributed by atoms with E-state index in [-0.39, 0.29) is 0 Å². The first-order chi connectivity index (χ1) is 12.5. The molecule has 0 aromatic heterocycles. The summed E-state index contributed by atoms with van der Waals surface area (Å²) in [4.78, 5) is 15.7. The van der Waals surface area contributed by atoms with Crippen molar-refractivity contribution in [2.24, 2.45) is 0 Å². The number of rotatable bonds is 17. The van der Waals surface area contributed by atoms with E-state index in [0.29, 0.717) is 6.54 Å². The molecule has 4 atom stereocenters. The molecule has 0 bridgehead atoms. The van der Waals surface area contributed by atoms with E-state index in [4.69, 9.17) is 5.26 Å². The maximum Gasteiger partial charge on any atom is 0.251 e. The lowest BCUT2D eigenvalue weighted by atomic mass is 10.0. The smallest absolute Gasteiger partial charge is 0.251 e. The van der Waals surface area contributed by atoms with Gasteiger partial charge in [-0.05, 0) is 6.42 Å². The van der Waals surface area contributed by atoms with Crippen molar-refractivity contribution in [3.63, 3.8) is 0 Å². The quantitative estimate of drug-likeness (QED) is 0.121. The second kappa shape index (κ2) is 16.4. The number of carbonyl (C=O) groups excluding carboxylic acids is 1. The highest BCUT2D eigenvalue weighted by atomic mass is 17.5. The van der Waals surface area contributed by atoms with Crippen molar-refractivity contribution in [3.8, 4) is 0 Å². The minimum Gasteiger partial charge on any atom is -0.388 e. The highest BCUT2D eigenvalue weighted by Crippen LogP contribution is 2.09. The van der Waals surface area contributed by atoms with Gasteiger partial charge in [0.05, 0.1) is 0 Å². The van der Waals surface area contributed by atoms with Gasteiger partial charge in [0.25, 0.3) is 5.91 Å². The fourth-order valence-corrected chi connectivity index (χ4v) is 2.52. The third-order valence-corrected chi connectivity index (χ3v) is 4.21. The van der Waals surface area contributed by atoms with Crippen LogP contribution in [0.25, 0.3) is 0 Å². The number of carbonyl (C=O) groups is 1. The number of aliphatic hydroxyl groups excluding tert-OH is 4. The molecule has 0 rings (SSSR count). The third kappa shape index (κ3) is 11.7. The van der Waals surface area contributed by atoms with Crippen LogP contribution in [0.4, 0.5) is 0 Å². The Hall–Kier alpha value is -0.810. The fraction of sp³-hybridized carbons (Fsp3) is 0.941. The molecule has 9 nitrogen and oxygen atoms in total. The molecule has 0 radical (unpaired) electrons. The predicted molar refractivity (Wildman–Crippen MR) is 93.9 cm³/mol. The first kappa shape index (κ1) is 25.2. The molecule has 9 heteroatoms. The largest absolute Gasteiger partial charge is 0.388 e. The van der Waals surface area contributed by atoms with Gasteiger partial charge in [-0.15, -0.1) is 0 Å². The van der Waals surface area contributed by atoms with E-state index >= 15 is 0 Å². The predicted octanol–water partition coefficient (Wildman–Crippen LogP) is 0.498. The highest BCUT2D eigenvalue weighted by Gasteiger charge is 2.34. The van der Waals surface area contributed by atoms with Crippen LogP contribution in [0.3, 0.4) is 0 Å². The first-order valence-corrected chi connectivity index (χ1v) is 9.38. The molecule has 6 N–H and O–H groups in total. The molecule has 0 aliphatic heterocycles. The molecule has 0 aliphatic rings. The van der Waals surface area contributed by atoms with Crippen LogP contribution in [0.2, 0.25) is 0 Å². The lowest BCUT2D eigenvalue weighted by Crippen LogP contribution is -2.51. The zero-order valence-electron chi connectivity index (χ0n) is 15.5. The zero-order valence-corrected chi connectivity index (χ0v) is 15.5. The Morgan fingerprint density at radius 1 is 0.885 bits per heavy atom. The minimum atomic E-state index is -1.91. The molecule has 0 aromatic rings. The zero-order chi connectivity index (χ0) is 19.8. The van der Waals surface area contributed by atoms with Crippen molar-refractivity contribution < 1.29 is 40.4 Å². The number of hydrogen-bond donors (Lipinski definition) is 6. The summed E-state index contributed by atoms with van der Waals surface area (Å²) >= 11 is 0. The van der Waals surface area contributed by atoms with E-state index in [2.05, 4.69) is 22.2 Å². The van der Waals surface area contributed by atoms with Crippen LogP contribution in [0, 0.1) is 0 Å². The van der Waals surface area contributed by atoms with E-state index in [9.17, 15) is 25.2 Å². The van der Waals surface area contributed by atoms with Crippen LogP contribution in [0.5, 0.6) is 0 Å². The first-order valence-electron chi connectivity index (χ1n) is 9.38. The standard InChI is InChI=1S/C17H35NO8/c1-2-3-4-5-6-7-8-9-10-11-18-17(23)16(22)15(21)14(20)13(19)12-25-26-24/h13-16,19-22,24H,2-12H2,1H3,(H,18,23)/t13-,14-,15+,16-/m1/s1. The summed E-state index contributed by atoms with van der Waals surface area (Å²) in [6, 6.07) is 0. The molecule has 0 fully saturated rings. The second-order valence-corrected chi connectivity index (χ2v) is 6.47. The number of nitrogens with one attached hydrogen (secondary N) is 1. The molecule has 0 aromatic carbocycles. The molecule has 0 heterocycles. The Morgan fingerprint density at radius 3 is 1.96 bits per heavy atom. The van der Waals surface area contributed by atoms with E-state index in [1.807, 2.05) is 0 Å². The van der Waals surface area contributed by atoms with Crippen LogP contribution in [-0.2, 0) is 14.7 Å². The van der Waals surface area contributed by atoms with Crippen LogP contribution in [0.15, 0.2) is 0 Å². The summed E-state index contributed by atoms with van der Waals surface area (Å²) in [5.74, 6) is -0.831. The van der Waals surface area contributed by atoms with Gasteiger partial charge in [0.2, 0.25) is 0 Å². The average Bonchev–Trinajstić information content (AvgIpc) is 2.65. The summed E-state index contributed by atoms with van der Waals surface area (Å²) in [6.45, 7) is 1.90. The third-order valence-electron chi connectivity index (χ3n) is 4.21. The van der Waals surface area contributed by atoms with Crippen LogP contribution >= 0.6 is 0 Å². The summed E-state index contributed by atoms with van der Waals surface area (Å²) in [6.07, 6.45) is 2.97. The maximum absolute atomic E-state index is 11.8. The Kier molecular flexibility index (Phi) is 15.9. The molecule has 26 heavy (non-hydrogen) atoms. The molecule has 0 saturated heterocycles. The Bertz CT molecular complexity index is 345. The molecule has 0 aliphatic carbocycles. The maximum atomic E-state index is 11.8. The number of aliphatic hydroxyl groups is 4. The van der Waals surface area contributed by atoms with Gasteiger partial charge in [-0.2, -0.15) is 0 Å². The van der Waals surface area contributed by atoms with Crippen LogP contribution < -0.4 is 5.32 Å². The van der Waals surface area contributed by atoms with Crippen molar-refractivity contribution in [3.05, 3.63) is 0 Å². The average molecular weight is 381 g/mol. The lowest BCUT2D eigenvalue weighted by molar-refractivity contribution is -0.495. The second-order valence-electron chi connectivity index (χ2n) is 6.47. The lowest BCUT2D eigenvalue weighted by Gasteiger charge is -2.25. The van der Waals surface area contributed by atoms with Crippen molar-refractivity contribution >= 4 is 5.91 Å². The summed E-state index contributed by atoms with van der Waals surface area (Å²) in [7, 11) is 0. The number of unbranched alkanes of at least 4 members (excludes halogenated alkanes) is 8. The Labute approximate surface area is 154 Å². The number of hydrogen-bond acceptors (Lipinski definition) is 8. The van der Waals surface area contributed by atoms with Gasteiger partial charge in [-0.1, -0.05) is 63.3 Å². The molecule has 156 valence electrons. The van der Waals surface area contributed by atoms with Crippen LogP contribution in [-0.4, -0.2) is 69.2 Å². The molecular formula is C17H35NO8. The molecule has 1 amide bonds. The normalized spacial score (nSPS) is 16.1. The van der Waals surface area contributed by atoms with E-state index in [0.717, 1.165) is 19.3 Å². The molecular weight excluding hydrogens is 346 g/mol. The monoisotopic (exact) mass is 381 g/mol. The minimum absolute atomic E-state index is 0.360. The molecule has 0 unspecified atom stereocenters. The number of amides is 1. The fourth-order valence-electron chi connectivity index (χ4n) is 2.52. The highest BCUT2D eigenvalue weighted by molar-refractivity contribution is 5.81. The Morgan fingerprint density at radius 2 is 1.42 bits per heavy atom. The van der Waals surface area contributed by atoms with Gasteiger partial charge in [0, 0.05) is 6.54 Å². The molecule has 0 saturated carbocycles. The van der Waals surface area contributed by atoms with Gasteiger partial charge >= 0.3 is 0 Å². The summed E-state index contributed by atoms with van der Waals surface area (Å²) in [5, 5.41) is 52.2. The van der Waals surface area contributed by atoms with Gasteiger partial charge in [-0.3, -0.25) is 4.79 Å². The van der Waals surface area contributed by atoms with Crippen molar-refractivity contribution in [1.29, 1.82) is 0 Å². The Balaban J connectivity index is 3.81. The molecule has 0 spiro atoms. The van der Waals surface area contributed by atoms with E-state index in [1.54, 1.807) is 0 Å². The topological polar surface area (TPSA) is 149 Å². The van der Waals surface area contributed by atoms with Gasteiger partial charge in [0.1, 0.15) is 24.9 Å². The SMILES string of the molecule is CCCCCCCCCCCNC(=O)[C@H](O)[C@@H](O)[C@H](O)[C@H](O)COOO.